The number of rotatable bonds is 2. The Morgan fingerprint density at radius 2 is 2.12 bits per heavy atom. The largest absolute Gasteiger partial charge is 0.458 e. The molecule has 2 fully saturated rings. The van der Waals surface area contributed by atoms with E-state index in [4.69, 9.17) is 9.47 Å². The van der Waals surface area contributed by atoms with E-state index in [0.717, 1.165) is 45.9 Å². The van der Waals surface area contributed by atoms with Crippen LogP contribution < -0.4 is 0 Å². The fourth-order valence-electron chi connectivity index (χ4n) is 2.43. The summed E-state index contributed by atoms with van der Waals surface area (Å²) in [5, 5.41) is 0. The minimum Gasteiger partial charge on any atom is -0.458 e. The standard InChI is InChI=1S/C11H17N3O3/c15-10-1-2-14-8-9(17-11(14)12-10)7-13-3-5-16-6-4-13/h9H,1-8H2. The first-order chi connectivity index (χ1) is 8.31. The lowest BCUT2D eigenvalue weighted by Crippen LogP contribution is -2.42. The third kappa shape index (κ3) is 2.42. The van der Waals surface area contributed by atoms with Crippen LogP contribution in [-0.2, 0) is 14.3 Å². The number of morpholine rings is 1. The number of hydrogen-bond donors (Lipinski definition) is 0. The minimum atomic E-state index is -0.0664. The Bertz CT molecular complexity index is 339. The SMILES string of the molecule is O=C1CCN2CC(CN3CCOCC3)OC2=N1. The summed E-state index contributed by atoms with van der Waals surface area (Å²) in [5.41, 5.74) is 0. The van der Waals surface area contributed by atoms with Crippen molar-refractivity contribution in [1.29, 1.82) is 0 Å². The lowest BCUT2D eigenvalue weighted by atomic mass is 10.3. The smallest absolute Gasteiger partial charge is 0.295 e. The third-order valence-corrected chi connectivity index (χ3v) is 3.35. The third-order valence-electron chi connectivity index (χ3n) is 3.35. The number of hydrogen-bond acceptors (Lipinski definition) is 5. The second-order valence-electron chi connectivity index (χ2n) is 4.64. The van der Waals surface area contributed by atoms with Crippen molar-refractivity contribution in [2.24, 2.45) is 4.99 Å². The molecule has 0 aromatic heterocycles. The molecule has 6 heteroatoms. The first-order valence-corrected chi connectivity index (χ1v) is 6.14. The summed E-state index contributed by atoms with van der Waals surface area (Å²) in [6, 6.07) is 0.527. The van der Waals surface area contributed by atoms with Crippen LogP contribution in [0.25, 0.3) is 0 Å². The van der Waals surface area contributed by atoms with E-state index >= 15 is 0 Å². The van der Waals surface area contributed by atoms with Gasteiger partial charge in [0, 0.05) is 32.6 Å². The molecule has 0 N–H and O–H groups in total. The van der Waals surface area contributed by atoms with Gasteiger partial charge >= 0.3 is 0 Å². The molecule has 0 spiro atoms. The van der Waals surface area contributed by atoms with Crippen molar-refractivity contribution in [2.75, 3.05) is 45.9 Å². The quantitative estimate of drug-likeness (QED) is 0.638. The maximum absolute atomic E-state index is 11.2. The Morgan fingerprint density at radius 1 is 1.29 bits per heavy atom. The number of aliphatic imine (C=N–C) groups is 1. The molecule has 2 saturated heterocycles. The Hall–Kier alpha value is -1.14. The van der Waals surface area contributed by atoms with Crippen LogP contribution in [0.4, 0.5) is 0 Å². The molecule has 94 valence electrons. The number of amides is 1. The molecule has 1 amide bonds. The van der Waals surface area contributed by atoms with Crippen LogP contribution in [0, 0.1) is 0 Å². The Labute approximate surface area is 100 Å². The van der Waals surface area contributed by atoms with Crippen molar-refractivity contribution in [3.63, 3.8) is 0 Å². The highest BCUT2D eigenvalue weighted by Crippen LogP contribution is 2.17. The molecule has 0 saturated carbocycles. The fraction of sp³-hybridized carbons (Fsp3) is 0.818. The molecule has 1 unspecified atom stereocenters. The van der Waals surface area contributed by atoms with Gasteiger partial charge in [-0.1, -0.05) is 0 Å². The maximum Gasteiger partial charge on any atom is 0.295 e. The molecule has 0 radical (unpaired) electrons. The molecule has 0 aromatic carbocycles. The highest BCUT2D eigenvalue weighted by Gasteiger charge is 2.34. The van der Waals surface area contributed by atoms with Gasteiger partial charge < -0.3 is 14.4 Å². The Balaban J connectivity index is 1.56. The summed E-state index contributed by atoms with van der Waals surface area (Å²) < 4.78 is 11.0. The van der Waals surface area contributed by atoms with Gasteiger partial charge in [-0.25, -0.2) is 0 Å². The summed E-state index contributed by atoms with van der Waals surface area (Å²) in [6.07, 6.45) is 0.648. The van der Waals surface area contributed by atoms with E-state index in [1.165, 1.54) is 0 Å². The van der Waals surface area contributed by atoms with E-state index in [2.05, 4.69) is 14.8 Å². The lowest BCUT2D eigenvalue weighted by Gasteiger charge is -2.28. The summed E-state index contributed by atoms with van der Waals surface area (Å²) in [7, 11) is 0. The van der Waals surface area contributed by atoms with Crippen LogP contribution in [0.3, 0.4) is 0 Å². The molecule has 1 atom stereocenters. The average Bonchev–Trinajstić information content (AvgIpc) is 2.71. The van der Waals surface area contributed by atoms with Crippen molar-refractivity contribution in [2.45, 2.75) is 12.5 Å². The van der Waals surface area contributed by atoms with Crippen LogP contribution in [0.2, 0.25) is 0 Å². The second kappa shape index (κ2) is 4.62. The zero-order valence-electron chi connectivity index (χ0n) is 9.80. The van der Waals surface area contributed by atoms with E-state index in [9.17, 15) is 4.79 Å². The number of amidine groups is 1. The van der Waals surface area contributed by atoms with Crippen LogP contribution in [0.5, 0.6) is 0 Å². The zero-order valence-corrected chi connectivity index (χ0v) is 9.80. The zero-order chi connectivity index (χ0) is 11.7. The summed E-state index contributed by atoms with van der Waals surface area (Å²) in [4.78, 5) is 19.5. The van der Waals surface area contributed by atoms with Gasteiger partial charge in [0.25, 0.3) is 11.9 Å². The Morgan fingerprint density at radius 3 is 2.94 bits per heavy atom. The first kappa shape index (κ1) is 11.0. The highest BCUT2D eigenvalue weighted by molar-refractivity contribution is 5.93. The molecule has 0 aromatic rings. The van der Waals surface area contributed by atoms with Gasteiger partial charge in [-0.3, -0.25) is 9.69 Å². The molecule has 3 aliphatic heterocycles. The van der Waals surface area contributed by atoms with Crippen LogP contribution in [0.15, 0.2) is 4.99 Å². The van der Waals surface area contributed by atoms with Crippen molar-refractivity contribution >= 4 is 11.9 Å². The van der Waals surface area contributed by atoms with Crippen molar-refractivity contribution in [3.05, 3.63) is 0 Å². The summed E-state index contributed by atoms with van der Waals surface area (Å²) >= 11 is 0. The minimum absolute atomic E-state index is 0.0664. The van der Waals surface area contributed by atoms with Gasteiger partial charge in [-0.2, -0.15) is 4.99 Å². The van der Waals surface area contributed by atoms with Gasteiger partial charge in [0.2, 0.25) is 0 Å². The molecule has 6 nitrogen and oxygen atoms in total. The maximum atomic E-state index is 11.2. The second-order valence-corrected chi connectivity index (χ2v) is 4.64. The van der Waals surface area contributed by atoms with Gasteiger partial charge in [-0.05, 0) is 0 Å². The van der Waals surface area contributed by atoms with E-state index in [1.54, 1.807) is 0 Å². The number of carbonyl (C=O) groups excluding carboxylic acids is 1. The van der Waals surface area contributed by atoms with Crippen molar-refractivity contribution in [1.82, 2.24) is 9.80 Å². The number of ether oxygens (including phenoxy) is 2. The van der Waals surface area contributed by atoms with Crippen molar-refractivity contribution < 1.29 is 14.3 Å². The molecule has 17 heavy (non-hydrogen) atoms. The Kier molecular flexibility index (Phi) is 2.98. The molecule has 3 aliphatic rings. The molecular weight excluding hydrogens is 222 g/mol. The van der Waals surface area contributed by atoms with E-state index in [0.29, 0.717) is 12.4 Å². The molecule has 3 heterocycles. The normalized spacial score (nSPS) is 29.9. The van der Waals surface area contributed by atoms with Gasteiger partial charge in [0.05, 0.1) is 19.8 Å². The van der Waals surface area contributed by atoms with E-state index in [-0.39, 0.29) is 12.0 Å². The van der Waals surface area contributed by atoms with E-state index < -0.39 is 0 Å². The highest BCUT2D eigenvalue weighted by atomic mass is 16.5. The van der Waals surface area contributed by atoms with Gasteiger partial charge in [-0.15, -0.1) is 0 Å². The summed E-state index contributed by atoms with van der Waals surface area (Å²) in [5.74, 6) is -0.0664. The fourth-order valence-corrected chi connectivity index (χ4v) is 2.43. The first-order valence-electron chi connectivity index (χ1n) is 6.14. The predicted molar refractivity (Wildman–Crippen MR) is 60.8 cm³/mol. The topological polar surface area (TPSA) is 54.4 Å². The number of nitrogens with zero attached hydrogens (tertiary/aromatic N) is 3. The van der Waals surface area contributed by atoms with Crippen LogP contribution >= 0.6 is 0 Å². The van der Waals surface area contributed by atoms with Crippen LogP contribution in [0.1, 0.15) is 6.42 Å². The molecule has 0 aliphatic carbocycles. The number of carbonyl (C=O) groups is 1. The average molecular weight is 239 g/mol. The van der Waals surface area contributed by atoms with Gasteiger partial charge in [0.15, 0.2) is 0 Å². The molecule has 0 bridgehead atoms. The van der Waals surface area contributed by atoms with Gasteiger partial charge in [0.1, 0.15) is 6.10 Å². The van der Waals surface area contributed by atoms with Crippen LogP contribution in [-0.4, -0.2) is 73.8 Å². The van der Waals surface area contributed by atoms with Crippen molar-refractivity contribution in [3.8, 4) is 0 Å². The lowest BCUT2D eigenvalue weighted by molar-refractivity contribution is -0.118. The molecule has 3 rings (SSSR count). The predicted octanol–water partition coefficient (Wildman–Crippen LogP) is -0.694. The monoisotopic (exact) mass is 239 g/mol. The van der Waals surface area contributed by atoms with E-state index in [1.807, 2.05) is 0 Å². The number of fused-ring (bicyclic) bond motifs is 1. The molecular formula is C11H17N3O3. The summed E-state index contributed by atoms with van der Waals surface area (Å²) in [6.45, 7) is 6.02.